The normalized spacial score (nSPS) is 10.4. The van der Waals surface area contributed by atoms with E-state index in [2.05, 4.69) is 10.3 Å². The molecule has 7 heteroatoms. The summed E-state index contributed by atoms with van der Waals surface area (Å²) in [6, 6.07) is 0.899. The number of carbonyl (C=O) groups is 2. The van der Waals surface area contributed by atoms with Gasteiger partial charge in [-0.05, 0) is 19.9 Å². The Kier molecular flexibility index (Phi) is 5.08. The van der Waals surface area contributed by atoms with E-state index < -0.39 is 11.8 Å². The number of carboxylic acid groups (broad SMARTS) is 1. The highest BCUT2D eigenvalue weighted by molar-refractivity contribution is 8.00. The first-order valence-corrected chi connectivity index (χ1v) is 6.19. The van der Waals surface area contributed by atoms with E-state index in [0.29, 0.717) is 0 Å². The van der Waals surface area contributed by atoms with Crippen molar-refractivity contribution in [3.8, 4) is 0 Å². The van der Waals surface area contributed by atoms with Crippen LogP contribution in [0.25, 0.3) is 0 Å². The Morgan fingerprint density at radius 1 is 1.56 bits per heavy atom. The zero-order chi connectivity index (χ0) is 13.7. The summed E-state index contributed by atoms with van der Waals surface area (Å²) < 4.78 is 12.9. The second-order valence-corrected chi connectivity index (χ2v) is 4.79. The van der Waals surface area contributed by atoms with E-state index in [-0.39, 0.29) is 28.3 Å². The third-order valence-corrected chi connectivity index (χ3v) is 2.84. The van der Waals surface area contributed by atoms with E-state index in [4.69, 9.17) is 5.11 Å². The minimum atomic E-state index is -1.27. The number of aromatic carboxylic acids is 1. The Hall–Kier alpha value is -1.63. The first kappa shape index (κ1) is 14.4. The Morgan fingerprint density at radius 2 is 2.22 bits per heavy atom. The Morgan fingerprint density at radius 3 is 2.78 bits per heavy atom. The summed E-state index contributed by atoms with van der Waals surface area (Å²) in [6.07, 6.45) is 0.926. The molecule has 0 bridgehead atoms. The second-order valence-electron chi connectivity index (χ2n) is 3.82. The molecule has 1 heterocycles. The predicted molar refractivity (Wildman–Crippen MR) is 65.2 cm³/mol. The molecule has 0 aliphatic rings. The lowest BCUT2D eigenvalue weighted by molar-refractivity contribution is -0.119. The van der Waals surface area contributed by atoms with Crippen LogP contribution in [-0.2, 0) is 4.79 Å². The molecule has 0 saturated carbocycles. The second kappa shape index (κ2) is 6.34. The van der Waals surface area contributed by atoms with Crippen LogP contribution in [0.1, 0.15) is 24.2 Å². The summed E-state index contributed by atoms with van der Waals surface area (Å²) in [5.41, 5.74) is -0.239. The number of nitrogens with zero attached hydrogens (tertiary/aromatic N) is 1. The van der Waals surface area contributed by atoms with Crippen molar-refractivity contribution in [2.24, 2.45) is 0 Å². The quantitative estimate of drug-likeness (QED) is 0.795. The number of thioether (sulfide) groups is 1. The summed E-state index contributed by atoms with van der Waals surface area (Å²) in [7, 11) is 0. The average molecular weight is 272 g/mol. The van der Waals surface area contributed by atoms with E-state index in [1.54, 1.807) is 0 Å². The van der Waals surface area contributed by atoms with Crippen molar-refractivity contribution in [1.82, 2.24) is 10.3 Å². The van der Waals surface area contributed by atoms with Gasteiger partial charge in [0, 0.05) is 6.04 Å². The predicted octanol–water partition coefficient (Wildman–Crippen LogP) is 1.54. The molecule has 1 amide bonds. The number of nitrogens with one attached hydrogen (secondary N) is 1. The number of carboxylic acids is 1. The number of hydrogen-bond acceptors (Lipinski definition) is 4. The molecule has 5 nitrogen and oxygen atoms in total. The number of carbonyl (C=O) groups excluding carboxylic acids is 1. The molecule has 0 aliphatic heterocycles. The maximum Gasteiger partial charge on any atom is 0.338 e. The van der Waals surface area contributed by atoms with Crippen LogP contribution >= 0.6 is 11.8 Å². The van der Waals surface area contributed by atoms with Gasteiger partial charge in [0.25, 0.3) is 0 Å². The lowest BCUT2D eigenvalue weighted by Gasteiger charge is -2.08. The van der Waals surface area contributed by atoms with Crippen LogP contribution in [0.5, 0.6) is 0 Å². The zero-order valence-electron chi connectivity index (χ0n) is 9.94. The molecule has 1 aromatic rings. The van der Waals surface area contributed by atoms with Gasteiger partial charge in [0.2, 0.25) is 5.91 Å². The number of halogens is 1. The van der Waals surface area contributed by atoms with Crippen molar-refractivity contribution in [2.75, 3.05) is 5.75 Å². The fourth-order valence-corrected chi connectivity index (χ4v) is 1.97. The van der Waals surface area contributed by atoms with Gasteiger partial charge in [-0.25, -0.2) is 14.2 Å². The molecule has 0 atom stereocenters. The highest BCUT2D eigenvalue weighted by atomic mass is 32.2. The Labute approximate surface area is 108 Å². The van der Waals surface area contributed by atoms with Gasteiger partial charge in [0.15, 0.2) is 0 Å². The smallest absolute Gasteiger partial charge is 0.338 e. The van der Waals surface area contributed by atoms with Crippen molar-refractivity contribution >= 4 is 23.6 Å². The van der Waals surface area contributed by atoms with Crippen LogP contribution in [0.3, 0.4) is 0 Å². The van der Waals surface area contributed by atoms with Gasteiger partial charge in [-0.15, -0.1) is 0 Å². The van der Waals surface area contributed by atoms with Crippen LogP contribution < -0.4 is 5.32 Å². The van der Waals surface area contributed by atoms with Crippen molar-refractivity contribution < 1.29 is 19.1 Å². The van der Waals surface area contributed by atoms with Crippen molar-refractivity contribution in [1.29, 1.82) is 0 Å². The van der Waals surface area contributed by atoms with Gasteiger partial charge in [0.05, 0.1) is 17.5 Å². The van der Waals surface area contributed by atoms with Gasteiger partial charge in [-0.1, -0.05) is 11.8 Å². The summed E-state index contributed by atoms with van der Waals surface area (Å²) in [6.45, 7) is 3.64. The van der Waals surface area contributed by atoms with E-state index in [0.717, 1.165) is 24.0 Å². The average Bonchev–Trinajstić information content (AvgIpc) is 2.26. The summed E-state index contributed by atoms with van der Waals surface area (Å²) in [4.78, 5) is 25.9. The third-order valence-electron chi connectivity index (χ3n) is 1.84. The molecular formula is C11H13FN2O3S. The van der Waals surface area contributed by atoms with Crippen LogP contribution in [0.4, 0.5) is 4.39 Å². The van der Waals surface area contributed by atoms with Gasteiger partial charge in [0.1, 0.15) is 10.8 Å². The first-order valence-electron chi connectivity index (χ1n) is 5.21. The van der Waals surface area contributed by atoms with Crippen LogP contribution in [-0.4, -0.2) is 33.8 Å². The standard InChI is InChI=1S/C11H13FN2O3S/c1-6(2)14-9(15)5-18-10-8(11(16)17)3-7(12)4-13-10/h3-4,6H,5H2,1-2H3,(H,14,15)(H,16,17). The molecule has 1 aromatic heterocycles. The molecule has 0 unspecified atom stereocenters. The molecule has 98 valence electrons. The molecule has 0 aliphatic carbocycles. The summed E-state index contributed by atoms with van der Waals surface area (Å²) >= 11 is 0.964. The Bertz CT molecular complexity index is 466. The van der Waals surface area contributed by atoms with Gasteiger partial charge < -0.3 is 10.4 Å². The summed E-state index contributed by atoms with van der Waals surface area (Å²) in [5.74, 6) is -2.17. The molecule has 18 heavy (non-hydrogen) atoms. The lowest BCUT2D eigenvalue weighted by atomic mass is 10.3. The highest BCUT2D eigenvalue weighted by Crippen LogP contribution is 2.20. The SMILES string of the molecule is CC(C)NC(=O)CSc1ncc(F)cc1C(=O)O. The minimum Gasteiger partial charge on any atom is -0.478 e. The van der Waals surface area contributed by atoms with E-state index in [9.17, 15) is 14.0 Å². The van der Waals surface area contributed by atoms with Gasteiger partial charge in [-0.2, -0.15) is 0 Å². The maximum absolute atomic E-state index is 12.9. The van der Waals surface area contributed by atoms with Crippen molar-refractivity contribution in [2.45, 2.75) is 24.9 Å². The summed E-state index contributed by atoms with van der Waals surface area (Å²) in [5, 5.41) is 11.7. The molecule has 0 spiro atoms. The lowest BCUT2D eigenvalue weighted by Crippen LogP contribution is -2.31. The van der Waals surface area contributed by atoms with E-state index >= 15 is 0 Å². The highest BCUT2D eigenvalue weighted by Gasteiger charge is 2.15. The third kappa shape index (κ3) is 4.33. The zero-order valence-corrected chi connectivity index (χ0v) is 10.8. The largest absolute Gasteiger partial charge is 0.478 e. The Balaban J connectivity index is 2.73. The number of aromatic nitrogens is 1. The fraction of sp³-hybridized carbons (Fsp3) is 0.364. The molecule has 0 fully saturated rings. The van der Waals surface area contributed by atoms with Crippen molar-refractivity contribution in [3.05, 3.63) is 23.6 Å². The molecule has 0 radical (unpaired) electrons. The minimum absolute atomic E-state index is 0.0122. The van der Waals surface area contributed by atoms with Gasteiger partial charge >= 0.3 is 5.97 Å². The number of amides is 1. The number of hydrogen-bond donors (Lipinski definition) is 2. The molecule has 0 saturated heterocycles. The number of pyridine rings is 1. The monoisotopic (exact) mass is 272 g/mol. The van der Waals surface area contributed by atoms with Crippen LogP contribution in [0.2, 0.25) is 0 Å². The van der Waals surface area contributed by atoms with Crippen LogP contribution in [0, 0.1) is 5.82 Å². The van der Waals surface area contributed by atoms with Gasteiger partial charge in [-0.3, -0.25) is 4.79 Å². The van der Waals surface area contributed by atoms with E-state index in [1.165, 1.54) is 0 Å². The molecule has 1 rings (SSSR count). The molecule has 0 aromatic carbocycles. The van der Waals surface area contributed by atoms with Crippen molar-refractivity contribution in [3.63, 3.8) is 0 Å². The number of rotatable bonds is 5. The fourth-order valence-electron chi connectivity index (χ4n) is 1.19. The maximum atomic E-state index is 12.9. The first-order chi connectivity index (χ1) is 8.40. The molecular weight excluding hydrogens is 259 g/mol. The van der Waals surface area contributed by atoms with E-state index in [1.807, 2.05) is 13.8 Å². The van der Waals surface area contributed by atoms with Crippen LogP contribution in [0.15, 0.2) is 17.3 Å². The molecule has 2 N–H and O–H groups in total. The topological polar surface area (TPSA) is 79.3 Å².